The van der Waals surface area contributed by atoms with Gasteiger partial charge in [-0.15, -0.1) is 0 Å². The summed E-state index contributed by atoms with van der Waals surface area (Å²) in [6.07, 6.45) is 0.475. The smallest absolute Gasteiger partial charge is 0.416 e. The van der Waals surface area contributed by atoms with Crippen molar-refractivity contribution in [2.24, 2.45) is 0 Å². The summed E-state index contributed by atoms with van der Waals surface area (Å²) in [6, 6.07) is 14.0. The van der Waals surface area contributed by atoms with Gasteiger partial charge in [-0.1, -0.05) is 6.07 Å². The molecular weight excluding hydrogens is 571 g/mol. The number of nitrogens with zero attached hydrogens (tertiary/aromatic N) is 5. The molecule has 0 bridgehead atoms. The zero-order valence-corrected chi connectivity index (χ0v) is 24.2. The lowest BCUT2D eigenvalue weighted by molar-refractivity contribution is -0.137. The molecule has 2 N–H and O–H groups in total. The lowest BCUT2D eigenvalue weighted by Gasteiger charge is -2.32. The lowest BCUT2D eigenvalue weighted by atomic mass is 10.1. The first-order chi connectivity index (χ1) is 21.1. The van der Waals surface area contributed by atoms with Crippen LogP contribution in [0.4, 0.5) is 18.9 Å². The molecule has 2 aromatic carbocycles. The van der Waals surface area contributed by atoms with E-state index in [9.17, 15) is 18.0 Å². The second-order valence-electron chi connectivity index (χ2n) is 10.9. The molecule has 4 heterocycles. The van der Waals surface area contributed by atoms with Gasteiger partial charge in [0.05, 0.1) is 11.1 Å². The van der Waals surface area contributed by atoms with E-state index >= 15 is 0 Å². The largest absolute Gasteiger partial charge is 0.437 e. The van der Waals surface area contributed by atoms with E-state index in [1.807, 2.05) is 20.0 Å². The number of carbonyl (C=O) groups excluding carboxylic acids is 1. The highest BCUT2D eigenvalue weighted by atomic mass is 19.4. The number of carbonyl (C=O) groups is 1. The van der Waals surface area contributed by atoms with Crippen LogP contribution in [-0.2, 0) is 12.7 Å². The van der Waals surface area contributed by atoms with E-state index in [2.05, 4.69) is 35.1 Å². The van der Waals surface area contributed by atoms with Gasteiger partial charge in [-0.3, -0.25) is 14.7 Å². The number of H-pyrrole nitrogens is 1. The predicted molar refractivity (Wildman–Crippen MR) is 161 cm³/mol. The van der Waals surface area contributed by atoms with Crippen LogP contribution < -0.4 is 10.1 Å². The molecule has 1 fully saturated rings. The van der Waals surface area contributed by atoms with E-state index < -0.39 is 17.6 Å². The molecule has 44 heavy (non-hydrogen) atoms. The van der Waals surface area contributed by atoms with Gasteiger partial charge in [-0.25, -0.2) is 4.98 Å². The fourth-order valence-electron chi connectivity index (χ4n) is 5.06. The Hall–Kier alpha value is -4.81. The number of benzene rings is 2. The third kappa shape index (κ3) is 6.56. The number of aromatic nitrogens is 4. The summed E-state index contributed by atoms with van der Waals surface area (Å²) >= 11 is 0. The Labute approximate surface area is 251 Å². The van der Waals surface area contributed by atoms with Gasteiger partial charge in [-0.05, 0) is 73.6 Å². The van der Waals surface area contributed by atoms with Gasteiger partial charge < -0.3 is 19.9 Å². The minimum Gasteiger partial charge on any atom is -0.437 e. The Kier molecular flexibility index (Phi) is 8.02. The number of fused-ring (bicyclic) bond motifs is 1. The first kappa shape index (κ1) is 29.3. The van der Waals surface area contributed by atoms with Gasteiger partial charge in [0.15, 0.2) is 5.82 Å². The number of nitrogens with one attached hydrogen (secondary N) is 2. The number of aromatic amines is 1. The molecule has 5 aromatic rings. The molecule has 0 aliphatic carbocycles. The molecule has 3 aromatic heterocycles. The van der Waals surface area contributed by atoms with E-state index in [0.717, 1.165) is 43.9 Å². The first-order valence-corrected chi connectivity index (χ1v) is 14.1. The second kappa shape index (κ2) is 12.1. The van der Waals surface area contributed by atoms with Crippen LogP contribution in [0.25, 0.3) is 22.4 Å². The van der Waals surface area contributed by atoms with E-state index in [4.69, 9.17) is 4.74 Å². The Morgan fingerprint density at radius 2 is 1.86 bits per heavy atom. The molecule has 1 amide bonds. The fourth-order valence-corrected chi connectivity index (χ4v) is 5.06. The highest BCUT2D eigenvalue weighted by Gasteiger charge is 2.31. The molecule has 0 saturated carbocycles. The number of alkyl halides is 3. The SMILES string of the molecule is Cc1ccc(C(=O)Nc2cc(CN3CCN(C)CC3)cc(C(F)(F)F)c2)cc1Oc1nc(-c2cccnc2)nc2cc[nH]c12. The minimum atomic E-state index is -4.56. The summed E-state index contributed by atoms with van der Waals surface area (Å²) in [5.74, 6) is 0.474. The van der Waals surface area contributed by atoms with Crippen LogP contribution in [-0.4, -0.2) is 68.9 Å². The summed E-state index contributed by atoms with van der Waals surface area (Å²) in [5.41, 5.74) is 2.61. The maximum Gasteiger partial charge on any atom is 0.416 e. The molecule has 1 aliphatic rings. The van der Waals surface area contributed by atoms with Gasteiger partial charge in [0.25, 0.3) is 5.91 Å². The Balaban J connectivity index is 1.26. The maximum atomic E-state index is 13.8. The summed E-state index contributed by atoms with van der Waals surface area (Å²) in [5, 5.41) is 2.66. The van der Waals surface area contributed by atoms with Gasteiger partial charge in [-0.2, -0.15) is 18.2 Å². The van der Waals surface area contributed by atoms with Crippen LogP contribution in [0.3, 0.4) is 0 Å². The molecule has 1 aliphatic heterocycles. The molecule has 0 radical (unpaired) electrons. The number of likely N-dealkylation sites (N-methyl/N-ethyl adjacent to an activating group) is 1. The van der Waals surface area contributed by atoms with E-state index in [-0.39, 0.29) is 17.1 Å². The van der Waals surface area contributed by atoms with Gasteiger partial charge in [0.2, 0.25) is 5.88 Å². The van der Waals surface area contributed by atoms with Crippen molar-refractivity contribution in [3.8, 4) is 23.0 Å². The van der Waals surface area contributed by atoms with E-state index in [1.54, 1.807) is 55.0 Å². The third-order valence-electron chi connectivity index (χ3n) is 7.53. The lowest BCUT2D eigenvalue weighted by Crippen LogP contribution is -2.43. The predicted octanol–water partition coefficient (Wildman–Crippen LogP) is 6.14. The summed E-state index contributed by atoms with van der Waals surface area (Å²) in [7, 11) is 2.02. The summed E-state index contributed by atoms with van der Waals surface area (Å²) < 4.78 is 47.6. The molecule has 12 heteroatoms. The number of anilines is 1. The highest BCUT2D eigenvalue weighted by molar-refractivity contribution is 6.04. The monoisotopic (exact) mass is 601 g/mol. The van der Waals surface area contributed by atoms with Crippen molar-refractivity contribution < 1.29 is 22.7 Å². The number of halogens is 3. The topological polar surface area (TPSA) is 99.3 Å². The molecule has 9 nitrogen and oxygen atoms in total. The molecular formula is C32H30F3N7O2. The zero-order chi connectivity index (χ0) is 30.8. The minimum absolute atomic E-state index is 0.0713. The Morgan fingerprint density at radius 3 is 2.61 bits per heavy atom. The number of hydrogen-bond donors (Lipinski definition) is 2. The Bertz CT molecular complexity index is 1800. The maximum absolute atomic E-state index is 13.8. The van der Waals surface area contributed by atoms with Crippen molar-refractivity contribution >= 4 is 22.6 Å². The average molecular weight is 602 g/mol. The molecule has 0 spiro atoms. The van der Waals surface area contributed by atoms with Crippen molar-refractivity contribution in [3.63, 3.8) is 0 Å². The van der Waals surface area contributed by atoms with Crippen molar-refractivity contribution in [2.75, 3.05) is 38.5 Å². The summed E-state index contributed by atoms with van der Waals surface area (Å²) in [4.78, 5) is 34.0. The second-order valence-corrected chi connectivity index (χ2v) is 10.9. The molecule has 0 atom stereocenters. The number of amides is 1. The van der Waals surface area contributed by atoms with Gasteiger partial charge >= 0.3 is 6.18 Å². The number of hydrogen-bond acceptors (Lipinski definition) is 7. The van der Waals surface area contributed by atoms with Crippen LogP contribution in [0.5, 0.6) is 11.6 Å². The van der Waals surface area contributed by atoms with Crippen molar-refractivity contribution in [1.29, 1.82) is 0 Å². The van der Waals surface area contributed by atoms with Crippen molar-refractivity contribution in [3.05, 3.63) is 95.4 Å². The van der Waals surface area contributed by atoms with Gasteiger partial charge in [0.1, 0.15) is 11.3 Å². The van der Waals surface area contributed by atoms with Crippen LogP contribution in [0.15, 0.2) is 73.2 Å². The van der Waals surface area contributed by atoms with Gasteiger partial charge in [0, 0.05) is 68.1 Å². The quantitative estimate of drug-likeness (QED) is 0.231. The third-order valence-corrected chi connectivity index (χ3v) is 7.53. The Morgan fingerprint density at radius 1 is 1.05 bits per heavy atom. The normalized spacial score (nSPS) is 14.6. The standard InChI is InChI=1S/C32H30F3N7O2/c1-20-5-6-22(16-27(20)44-31-28-26(7-9-37-28)39-29(40-31)23-4-3-8-36-18-23)30(43)38-25-15-21(14-24(17-25)32(33,34)35)19-42-12-10-41(2)11-13-42/h3-9,14-18,37H,10-13,19H2,1-2H3,(H,38,43). The highest BCUT2D eigenvalue weighted by Crippen LogP contribution is 2.34. The number of aryl methyl sites for hydroxylation is 1. The van der Waals surface area contributed by atoms with E-state index in [0.29, 0.717) is 40.3 Å². The molecule has 6 rings (SSSR count). The number of rotatable bonds is 7. The summed E-state index contributed by atoms with van der Waals surface area (Å²) in [6.45, 7) is 5.38. The van der Waals surface area contributed by atoms with Crippen molar-refractivity contribution in [1.82, 2.24) is 29.7 Å². The van der Waals surface area contributed by atoms with Crippen LogP contribution >= 0.6 is 0 Å². The van der Waals surface area contributed by atoms with E-state index in [1.165, 1.54) is 0 Å². The van der Waals surface area contributed by atoms with Crippen LogP contribution in [0.1, 0.15) is 27.0 Å². The van der Waals surface area contributed by atoms with Crippen LogP contribution in [0, 0.1) is 6.92 Å². The molecule has 226 valence electrons. The number of ether oxygens (including phenoxy) is 1. The fraction of sp³-hybridized carbons (Fsp3) is 0.250. The van der Waals surface area contributed by atoms with Crippen molar-refractivity contribution in [2.45, 2.75) is 19.6 Å². The molecule has 1 saturated heterocycles. The zero-order valence-electron chi connectivity index (χ0n) is 24.2. The van der Waals surface area contributed by atoms with Crippen LogP contribution in [0.2, 0.25) is 0 Å². The molecule has 0 unspecified atom stereocenters. The first-order valence-electron chi connectivity index (χ1n) is 14.1. The number of pyridine rings is 1. The average Bonchev–Trinajstić information content (AvgIpc) is 3.48. The number of piperazine rings is 1.